The molecule has 2 rings (SSSR count). The standard InChI is InChI=1S/C13H24O/c1-2-3-4-5-7-10-13-11-8-6-9-12(13)14-13/h12H,2-11H2,1H3. The van der Waals surface area contributed by atoms with Crippen LogP contribution in [0.25, 0.3) is 0 Å². The first-order chi connectivity index (χ1) is 6.87. The van der Waals surface area contributed by atoms with Crippen LogP contribution >= 0.6 is 0 Å². The first-order valence-corrected chi connectivity index (χ1v) is 6.55. The van der Waals surface area contributed by atoms with Crippen LogP contribution in [0.1, 0.15) is 71.1 Å². The Morgan fingerprint density at radius 2 is 2.00 bits per heavy atom. The summed E-state index contributed by atoms with van der Waals surface area (Å²) >= 11 is 0. The van der Waals surface area contributed by atoms with E-state index >= 15 is 0 Å². The molecule has 1 aliphatic carbocycles. The Kier molecular flexibility index (Phi) is 3.48. The van der Waals surface area contributed by atoms with Gasteiger partial charge in [-0.05, 0) is 19.3 Å². The first kappa shape index (κ1) is 10.5. The number of hydrogen-bond acceptors (Lipinski definition) is 1. The molecule has 0 aromatic heterocycles. The van der Waals surface area contributed by atoms with Gasteiger partial charge in [0, 0.05) is 0 Å². The lowest BCUT2D eigenvalue weighted by Crippen LogP contribution is -2.18. The van der Waals surface area contributed by atoms with Gasteiger partial charge in [-0.2, -0.15) is 0 Å². The summed E-state index contributed by atoms with van der Waals surface area (Å²) in [6.45, 7) is 2.28. The van der Waals surface area contributed by atoms with Crippen molar-refractivity contribution in [1.82, 2.24) is 0 Å². The average molecular weight is 196 g/mol. The highest BCUT2D eigenvalue weighted by molar-refractivity contribution is 5.04. The SMILES string of the molecule is CCCCCCCC12CCCCC1O2. The summed E-state index contributed by atoms with van der Waals surface area (Å²) in [4.78, 5) is 0. The van der Waals surface area contributed by atoms with E-state index in [0.717, 1.165) is 0 Å². The molecule has 1 saturated heterocycles. The predicted molar refractivity (Wildman–Crippen MR) is 59.4 cm³/mol. The molecule has 2 aliphatic rings. The van der Waals surface area contributed by atoms with Crippen LogP contribution in [-0.2, 0) is 4.74 Å². The second-order valence-electron chi connectivity index (χ2n) is 5.08. The van der Waals surface area contributed by atoms with Crippen molar-refractivity contribution >= 4 is 0 Å². The smallest absolute Gasteiger partial charge is 0.0948 e. The lowest BCUT2D eigenvalue weighted by Gasteiger charge is -2.16. The number of ether oxygens (including phenoxy) is 1. The molecule has 0 spiro atoms. The third-order valence-electron chi connectivity index (χ3n) is 3.93. The fourth-order valence-corrected chi connectivity index (χ4v) is 2.92. The largest absolute Gasteiger partial charge is 0.366 e. The maximum Gasteiger partial charge on any atom is 0.0948 e. The van der Waals surface area contributed by atoms with Gasteiger partial charge in [0.15, 0.2) is 0 Å². The highest BCUT2D eigenvalue weighted by atomic mass is 16.6. The minimum atomic E-state index is 0.393. The van der Waals surface area contributed by atoms with E-state index in [0.29, 0.717) is 11.7 Å². The molecule has 2 fully saturated rings. The van der Waals surface area contributed by atoms with Crippen LogP contribution in [0, 0.1) is 0 Å². The molecule has 0 aromatic rings. The van der Waals surface area contributed by atoms with Crippen LogP contribution in [-0.4, -0.2) is 11.7 Å². The van der Waals surface area contributed by atoms with Gasteiger partial charge in [0.2, 0.25) is 0 Å². The van der Waals surface area contributed by atoms with Crippen molar-refractivity contribution in [2.75, 3.05) is 0 Å². The molecule has 0 N–H and O–H groups in total. The van der Waals surface area contributed by atoms with Crippen LogP contribution in [0.15, 0.2) is 0 Å². The fraction of sp³-hybridized carbons (Fsp3) is 1.00. The highest BCUT2D eigenvalue weighted by Gasteiger charge is 2.55. The van der Waals surface area contributed by atoms with Gasteiger partial charge in [-0.1, -0.05) is 51.9 Å². The minimum absolute atomic E-state index is 0.393. The monoisotopic (exact) mass is 196 g/mol. The first-order valence-electron chi connectivity index (χ1n) is 6.55. The van der Waals surface area contributed by atoms with E-state index in [-0.39, 0.29) is 0 Å². The number of epoxide rings is 1. The van der Waals surface area contributed by atoms with Gasteiger partial charge in [0.25, 0.3) is 0 Å². The number of fused-ring (bicyclic) bond motifs is 1. The van der Waals surface area contributed by atoms with Gasteiger partial charge in [0.05, 0.1) is 11.7 Å². The van der Waals surface area contributed by atoms with Crippen molar-refractivity contribution in [3.05, 3.63) is 0 Å². The lowest BCUT2D eigenvalue weighted by atomic mass is 9.85. The van der Waals surface area contributed by atoms with Gasteiger partial charge in [-0.15, -0.1) is 0 Å². The third kappa shape index (κ3) is 2.31. The molecule has 82 valence electrons. The second-order valence-corrected chi connectivity index (χ2v) is 5.08. The predicted octanol–water partition coefficient (Wildman–Crippen LogP) is 4.06. The molecule has 1 nitrogen and oxygen atoms in total. The number of hydrogen-bond donors (Lipinski definition) is 0. The Morgan fingerprint density at radius 3 is 2.79 bits per heavy atom. The Hall–Kier alpha value is -0.0400. The summed E-state index contributed by atoms with van der Waals surface area (Å²) in [6.07, 6.45) is 14.5. The third-order valence-corrected chi connectivity index (χ3v) is 3.93. The molecule has 0 amide bonds. The Labute approximate surface area is 88.2 Å². The minimum Gasteiger partial charge on any atom is -0.366 e. The van der Waals surface area contributed by atoms with Crippen molar-refractivity contribution in [2.24, 2.45) is 0 Å². The van der Waals surface area contributed by atoms with Crippen molar-refractivity contribution in [3.63, 3.8) is 0 Å². The Balaban J connectivity index is 1.57. The van der Waals surface area contributed by atoms with Crippen LogP contribution in [0.5, 0.6) is 0 Å². The number of rotatable bonds is 6. The van der Waals surface area contributed by atoms with Gasteiger partial charge >= 0.3 is 0 Å². The van der Waals surface area contributed by atoms with Crippen molar-refractivity contribution in [2.45, 2.75) is 82.8 Å². The van der Waals surface area contributed by atoms with Crippen LogP contribution < -0.4 is 0 Å². The summed E-state index contributed by atoms with van der Waals surface area (Å²) in [5, 5.41) is 0. The van der Waals surface area contributed by atoms with E-state index in [1.807, 2.05) is 0 Å². The van der Waals surface area contributed by atoms with Crippen molar-refractivity contribution in [3.8, 4) is 0 Å². The molecule has 2 unspecified atom stereocenters. The molecule has 2 atom stereocenters. The second kappa shape index (κ2) is 4.65. The molecule has 0 bridgehead atoms. The van der Waals surface area contributed by atoms with E-state index in [1.165, 1.54) is 64.2 Å². The topological polar surface area (TPSA) is 12.5 Å². The van der Waals surface area contributed by atoms with Crippen LogP contribution in [0.3, 0.4) is 0 Å². The summed E-state index contributed by atoms with van der Waals surface area (Å²) < 4.78 is 5.87. The maximum atomic E-state index is 5.87. The van der Waals surface area contributed by atoms with Gasteiger partial charge < -0.3 is 4.74 Å². The fourth-order valence-electron chi connectivity index (χ4n) is 2.92. The lowest BCUT2D eigenvalue weighted by molar-refractivity contribution is 0.265. The number of unbranched alkanes of at least 4 members (excludes halogenated alkanes) is 4. The van der Waals surface area contributed by atoms with Crippen LogP contribution in [0.2, 0.25) is 0 Å². The normalized spacial score (nSPS) is 35.4. The van der Waals surface area contributed by atoms with Gasteiger partial charge in [0.1, 0.15) is 0 Å². The molecular weight excluding hydrogens is 172 g/mol. The van der Waals surface area contributed by atoms with E-state index < -0.39 is 0 Å². The summed E-state index contributed by atoms with van der Waals surface area (Å²) in [6, 6.07) is 0. The van der Waals surface area contributed by atoms with Crippen molar-refractivity contribution in [1.29, 1.82) is 0 Å². The zero-order valence-electron chi connectivity index (χ0n) is 9.56. The summed E-state index contributed by atoms with van der Waals surface area (Å²) in [5.41, 5.74) is 0.393. The molecular formula is C13H24O. The summed E-state index contributed by atoms with van der Waals surface area (Å²) in [7, 11) is 0. The van der Waals surface area contributed by atoms with Crippen LogP contribution in [0.4, 0.5) is 0 Å². The van der Waals surface area contributed by atoms with Gasteiger partial charge in [-0.25, -0.2) is 0 Å². The van der Waals surface area contributed by atoms with E-state index in [1.54, 1.807) is 0 Å². The van der Waals surface area contributed by atoms with Gasteiger partial charge in [-0.3, -0.25) is 0 Å². The molecule has 1 aliphatic heterocycles. The summed E-state index contributed by atoms with van der Waals surface area (Å²) in [5.74, 6) is 0. The van der Waals surface area contributed by atoms with E-state index in [4.69, 9.17) is 4.74 Å². The Morgan fingerprint density at radius 1 is 1.14 bits per heavy atom. The molecule has 0 aromatic carbocycles. The average Bonchev–Trinajstić information content (AvgIpc) is 2.92. The quantitative estimate of drug-likeness (QED) is 0.461. The molecule has 14 heavy (non-hydrogen) atoms. The van der Waals surface area contributed by atoms with Crippen molar-refractivity contribution < 1.29 is 4.74 Å². The zero-order valence-corrected chi connectivity index (χ0v) is 9.56. The maximum absolute atomic E-state index is 5.87. The molecule has 1 saturated carbocycles. The highest BCUT2D eigenvalue weighted by Crippen LogP contribution is 2.50. The van der Waals surface area contributed by atoms with E-state index in [9.17, 15) is 0 Å². The molecule has 1 heteroatoms. The zero-order chi connectivity index (χ0) is 9.86. The Bertz CT molecular complexity index is 178. The van der Waals surface area contributed by atoms with E-state index in [2.05, 4.69) is 6.92 Å². The molecule has 0 radical (unpaired) electrons. The molecule has 1 heterocycles.